The van der Waals surface area contributed by atoms with E-state index < -0.39 is 0 Å². The fourth-order valence-corrected chi connectivity index (χ4v) is 1.99. The number of likely N-dealkylation sites (tertiary alicyclic amines) is 1. The summed E-state index contributed by atoms with van der Waals surface area (Å²) in [5.41, 5.74) is 1.12. The molecule has 1 rings (SSSR count). The lowest BCUT2D eigenvalue weighted by Gasteiger charge is -2.31. The topological polar surface area (TPSA) is 58.6 Å². The summed E-state index contributed by atoms with van der Waals surface area (Å²) in [4.78, 5) is 25.3. The zero-order valence-corrected chi connectivity index (χ0v) is 12.1. The monoisotopic (exact) mass is 268 g/mol. The van der Waals surface area contributed by atoms with Crippen LogP contribution in [-0.4, -0.2) is 36.6 Å². The van der Waals surface area contributed by atoms with Gasteiger partial charge in [0, 0.05) is 19.3 Å². The fourth-order valence-electron chi connectivity index (χ4n) is 1.99. The third-order valence-corrected chi connectivity index (χ3v) is 3.33. The lowest BCUT2D eigenvalue weighted by Crippen LogP contribution is -2.46. The van der Waals surface area contributed by atoms with Gasteiger partial charge < -0.3 is 15.0 Å². The summed E-state index contributed by atoms with van der Waals surface area (Å²) < 4.78 is 5.02. The van der Waals surface area contributed by atoms with Crippen molar-refractivity contribution >= 4 is 12.0 Å². The number of hydrogen-bond acceptors (Lipinski definition) is 3. The Labute approximate surface area is 115 Å². The molecule has 1 aliphatic rings. The first-order chi connectivity index (χ1) is 9.08. The van der Waals surface area contributed by atoms with E-state index in [1.165, 1.54) is 0 Å². The molecule has 0 saturated carbocycles. The maximum atomic E-state index is 12.0. The second-order valence-corrected chi connectivity index (χ2v) is 4.83. The molecule has 108 valence electrons. The van der Waals surface area contributed by atoms with E-state index in [-0.39, 0.29) is 17.9 Å². The Kier molecular flexibility index (Phi) is 6.39. The standard InChI is InChI=1S/C14H24N2O3/c1-4-11(3)9-15-14(18)16-8-6-7-12(10-16)13(17)19-5-2/h9,12H,4-8,10H2,1-3H3,(H,15,18)/b11-9+. The second kappa shape index (κ2) is 7.81. The number of rotatable bonds is 4. The van der Waals surface area contributed by atoms with Crippen molar-refractivity contribution in [1.82, 2.24) is 10.2 Å². The predicted octanol–water partition coefficient (Wildman–Crippen LogP) is 2.28. The number of carbonyl (C=O) groups excluding carboxylic acids is 2. The van der Waals surface area contributed by atoms with Crippen molar-refractivity contribution < 1.29 is 14.3 Å². The number of carbonyl (C=O) groups is 2. The molecule has 1 aliphatic heterocycles. The highest BCUT2D eigenvalue weighted by Gasteiger charge is 2.28. The van der Waals surface area contributed by atoms with E-state index in [1.807, 2.05) is 13.8 Å². The number of hydrogen-bond donors (Lipinski definition) is 1. The zero-order chi connectivity index (χ0) is 14.3. The number of ether oxygens (including phenoxy) is 1. The van der Waals surface area contributed by atoms with Crippen LogP contribution in [0, 0.1) is 5.92 Å². The minimum atomic E-state index is -0.194. The summed E-state index contributed by atoms with van der Waals surface area (Å²) >= 11 is 0. The highest BCUT2D eigenvalue weighted by molar-refractivity contribution is 5.78. The number of amides is 2. The summed E-state index contributed by atoms with van der Waals surface area (Å²) in [6.07, 6.45) is 4.28. The maximum Gasteiger partial charge on any atom is 0.321 e. The lowest BCUT2D eigenvalue weighted by atomic mass is 9.98. The van der Waals surface area contributed by atoms with Crippen LogP contribution in [0.5, 0.6) is 0 Å². The van der Waals surface area contributed by atoms with Crippen LogP contribution in [0.15, 0.2) is 11.8 Å². The Hall–Kier alpha value is -1.52. The Morgan fingerprint density at radius 1 is 1.42 bits per heavy atom. The van der Waals surface area contributed by atoms with Gasteiger partial charge >= 0.3 is 12.0 Å². The number of piperidine rings is 1. The molecule has 2 amide bonds. The van der Waals surface area contributed by atoms with Gasteiger partial charge in [-0.2, -0.15) is 0 Å². The molecular formula is C14H24N2O3. The highest BCUT2D eigenvalue weighted by Crippen LogP contribution is 2.18. The molecule has 19 heavy (non-hydrogen) atoms. The number of esters is 1. The molecular weight excluding hydrogens is 244 g/mol. The van der Waals surface area contributed by atoms with E-state index in [0.29, 0.717) is 19.7 Å². The van der Waals surface area contributed by atoms with Gasteiger partial charge in [-0.05, 0) is 33.1 Å². The number of allylic oxidation sites excluding steroid dienone is 1. The molecule has 0 radical (unpaired) electrons. The minimum absolute atomic E-state index is 0.137. The van der Waals surface area contributed by atoms with E-state index >= 15 is 0 Å². The first-order valence-electron chi connectivity index (χ1n) is 6.96. The summed E-state index contributed by atoms with van der Waals surface area (Å²) in [6, 6.07) is -0.137. The van der Waals surface area contributed by atoms with Gasteiger partial charge in [-0.3, -0.25) is 4.79 Å². The molecule has 0 aliphatic carbocycles. The van der Waals surface area contributed by atoms with Crippen LogP contribution >= 0.6 is 0 Å². The third kappa shape index (κ3) is 4.93. The van der Waals surface area contributed by atoms with Crippen molar-refractivity contribution in [1.29, 1.82) is 0 Å². The fraction of sp³-hybridized carbons (Fsp3) is 0.714. The average Bonchev–Trinajstić information content (AvgIpc) is 2.44. The van der Waals surface area contributed by atoms with Gasteiger partial charge in [0.25, 0.3) is 0 Å². The van der Waals surface area contributed by atoms with Crippen molar-refractivity contribution in [3.63, 3.8) is 0 Å². The molecule has 0 bridgehead atoms. The molecule has 1 saturated heterocycles. The van der Waals surface area contributed by atoms with E-state index in [0.717, 1.165) is 24.8 Å². The Balaban J connectivity index is 2.50. The quantitative estimate of drug-likeness (QED) is 0.796. The Morgan fingerprint density at radius 3 is 2.79 bits per heavy atom. The first kappa shape index (κ1) is 15.5. The van der Waals surface area contributed by atoms with E-state index in [4.69, 9.17) is 4.74 Å². The lowest BCUT2D eigenvalue weighted by molar-refractivity contribution is -0.149. The van der Waals surface area contributed by atoms with E-state index in [9.17, 15) is 9.59 Å². The van der Waals surface area contributed by atoms with Crippen molar-refractivity contribution in [2.75, 3.05) is 19.7 Å². The average molecular weight is 268 g/mol. The molecule has 5 nitrogen and oxygen atoms in total. The predicted molar refractivity (Wildman–Crippen MR) is 73.5 cm³/mol. The normalized spacial score (nSPS) is 20.1. The molecule has 1 heterocycles. The SMILES string of the molecule is CCOC(=O)C1CCCN(C(=O)N/C=C(\C)CC)C1. The van der Waals surface area contributed by atoms with Gasteiger partial charge in [0.05, 0.1) is 12.5 Å². The summed E-state index contributed by atoms with van der Waals surface area (Å²) in [7, 11) is 0. The largest absolute Gasteiger partial charge is 0.466 e. The van der Waals surface area contributed by atoms with Gasteiger partial charge in [0.15, 0.2) is 0 Å². The smallest absolute Gasteiger partial charge is 0.321 e. The van der Waals surface area contributed by atoms with Gasteiger partial charge in [-0.25, -0.2) is 4.79 Å². The van der Waals surface area contributed by atoms with E-state index in [1.54, 1.807) is 18.0 Å². The highest BCUT2D eigenvalue weighted by atomic mass is 16.5. The Morgan fingerprint density at radius 2 is 2.16 bits per heavy atom. The van der Waals surface area contributed by atoms with Crippen LogP contribution in [0.4, 0.5) is 4.79 Å². The third-order valence-electron chi connectivity index (χ3n) is 3.33. The van der Waals surface area contributed by atoms with Crippen LogP contribution in [0.1, 0.15) is 40.0 Å². The van der Waals surface area contributed by atoms with Crippen LogP contribution in [0.2, 0.25) is 0 Å². The maximum absolute atomic E-state index is 12.0. The molecule has 5 heteroatoms. The van der Waals surface area contributed by atoms with Crippen molar-refractivity contribution in [3.05, 3.63) is 11.8 Å². The van der Waals surface area contributed by atoms with Gasteiger partial charge in [0.1, 0.15) is 0 Å². The second-order valence-electron chi connectivity index (χ2n) is 4.83. The molecule has 0 spiro atoms. The molecule has 0 aromatic heterocycles. The molecule has 1 atom stereocenters. The van der Waals surface area contributed by atoms with Gasteiger partial charge in [-0.15, -0.1) is 0 Å². The van der Waals surface area contributed by atoms with Crippen molar-refractivity contribution in [3.8, 4) is 0 Å². The first-order valence-corrected chi connectivity index (χ1v) is 6.96. The minimum Gasteiger partial charge on any atom is -0.466 e. The van der Waals surface area contributed by atoms with Gasteiger partial charge in [-0.1, -0.05) is 12.5 Å². The number of urea groups is 1. The van der Waals surface area contributed by atoms with Crippen molar-refractivity contribution in [2.24, 2.45) is 5.92 Å². The van der Waals surface area contributed by atoms with E-state index in [2.05, 4.69) is 5.32 Å². The zero-order valence-electron chi connectivity index (χ0n) is 12.1. The molecule has 1 fully saturated rings. The van der Waals surface area contributed by atoms with Crippen molar-refractivity contribution in [2.45, 2.75) is 40.0 Å². The molecule has 0 aromatic carbocycles. The summed E-state index contributed by atoms with van der Waals surface area (Å²) in [6.45, 7) is 7.33. The molecule has 1 N–H and O–H groups in total. The Bertz CT molecular complexity index is 353. The molecule has 0 aromatic rings. The van der Waals surface area contributed by atoms with Crippen LogP contribution < -0.4 is 5.32 Å². The number of nitrogens with zero attached hydrogens (tertiary/aromatic N) is 1. The number of nitrogens with one attached hydrogen (secondary N) is 1. The summed E-state index contributed by atoms with van der Waals surface area (Å²) in [5.74, 6) is -0.379. The van der Waals surface area contributed by atoms with Crippen LogP contribution in [0.25, 0.3) is 0 Å². The summed E-state index contributed by atoms with van der Waals surface area (Å²) in [5, 5.41) is 2.77. The molecule has 1 unspecified atom stereocenters. The van der Waals surface area contributed by atoms with Crippen LogP contribution in [0.3, 0.4) is 0 Å². The van der Waals surface area contributed by atoms with Gasteiger partial charge in [0.2, 0.25) is 0 Å². The van der Waals surface area contributed by atoms with Crippen LogP contribution in [-0.2, 0) is 9.53 Å².